The van der Waals surface area contributed by atoms with Crippen molar-refractivity contribution in [1.29, 1.82) is 0 Å². The van der Waals surface area contributed by atoms with Crippen LogP contribution in [0, 0.1) is 0 Å². The lowest BCUT2D eigenvalue weighted by Crippen LogP contribution is -2.77. The van der Waals surface area contributed by atoms with Gasteiger partial charge in [0, 0.05) is 0 Å². The minimum atomic E-state index is -9.54. The molecule has 0 spiro atoms. The fourth-order valence-corrected chi connectivity index (χ4v) is 2.92. The lowest BCUT2D eigenvalue weighted by molar-refractivity contribution is -0.484. The van der Waals surface area contributed by atoms with Gasteiger partial charge in [0.25, 0.3) is 0 Å². The molecule has 0 aliphatic rings. The van der Waals surface area contributed by atoms with Gasteiger partial charge >= 0.3 is 73.4 Å². The highest BCUT2D eigenvalue weighted by Gasteiger charge is 2.99. The summed E-state index contributed by atoms with van der Waals surface area (Å²) in [5, 5.41) is 0. The van der Waals surface area contributed by atoms with Crippen LogP contribution in [-0.4, -0.2) is 77.1 Å². The lowest BCUT2D eigenvalue weighted by Gasteiger charge is -2.45. The van der Waals surface area contributed by atoms with E-state index < -0.39 is 80.0 Å². The molecule has 0 aliphatic carbocycles. The molecule has 28 heteroatoms. The molecule has 0 amide bonds. The van der Waals surface area contributed by atoms with Crippen LogP contribution in [0.2, 0.25) is 0 Å². The van der Waals surface area contributed by atoms with Crippen molar-refractivity contribution >= 4 is 7.82 Å². The average Bonchev–Trinajstić information content (AvgIpc) is 2.70. The summed E-state index contributed by atoms with van der Waals surface area (Å²) < 4.78 is 320. The Morgan fingerprint density at radius 2 is 0.683 bits per heavy atom. The van der Waals surface area contributed by atoms with Gasteiger partial charge in [0.2, 0.25) is 0 Å². The first kappa shape index (κ1) is 39.5. The van der Waals surface area contributed by atoms with Crippen molar-refractivity contribution in [2.75, 3.05) is 6.61 Å². The Labute approximate surface area is 207 Å². The van der Waals surface area contributed by atoms with E-state index in [9.17, 15) is 106 Å². The van der Waals surface area contributed by atoms with Gasteiger partial charge in [0.05, 0.1) is 6.61 Å². The fourth-order valence-electron chi connectivity index (χ4n) is 2.13. The Bertz CT molecular complexity index is 1000. The minimum absolute atomic E-state index is 0.526. The molecule has 0 bridgehead atoms. The summed E-state index contributed by atoms with van der Waals surface area (Å²) in [6.07, 6.45) is -15.9. The van der Waals surface area contributed by atoms with Gasteiger partial charge in [-0.3, -0.25) is 4.52 Å². The summed E-state index contributed by atoms with van der Waals surface area (Å²) in [5.41, 5.74) is 0. The molecule has 4 nitrogen and oxygen atoms in total. The molecule has 0 heterocycles. The summed E-state index contributed by atoms with van der Waals surface area (Å²) in [6.45, 7) is -0.828. The molecule has 0 saturated heterocycles. The summed E-state index contributed by atoms with van der Waals surface area (Å²) >= 11 is 0. The summed E-state index contributed by atoms with van der Waals surface area (Å²) in [7, 11) is -6.81. The number of phosphoric acid groups is 1. The van der Waals surface area contributed by atoms with E-state index in [1.165, 1.54) is 0 Å². The number of halogens is 23. The molecule has 0 radical (unpaired) electrons. The second kappa shape index (κ2) is 10.0. The zero-order valence-corrected chi connectivity index (χ0v) is 18.9. The van der Waals surface area contributed by atoms with E-state index in [-0.39, 0.29) is 0 Å². The molecule has 248 valence electrons. The van der Waals surface area contributed by atoms with Crippen molar-refractivity contribution in [1.82, 2.24) is 0 Å². The van der Waals surface area contributed by atoms with Crippen molar-refractivity contribution < 1.29 is 119 Å². The van der Waals surface area contributed by atoms with Gasteiger partial charge in [-0.25, -0.2) is 9.09 Å². The molecule has 1 unspecified atom stereocenters. The van der Waals surface area contributed by atoms with Crippen molar-refractivity contribution in [3.63, 3.8) is 0 Å². The zero-order chi connectivity index (χ0) is 34.1. The van der Waals surface area contributed by atoms with Gasteiger partial charge in [-0.1, -0.05) is 0 Å². The molecule has 0 saturated carbocycles. The normalized spacial score (nSPS) is 18.0. The van der Waals surface area contributed by atoms with E-state index in [0.717, 1.165) is 0 Å². The summed E-state index contributed by atoms with van der Waals surface area (Å²) in [4.78, 5) is 8.57. The van der Waals surface area contributed by atoms with Crippen LogP contribution in [-0.2, 0) is 13.6 Å². The first-order chi connectivity index (χ1) is 17.3. The second-order valence-corrected chi connectivity index (χ2v) is 8.54. The average molecular weight is 694 g/mol. The highest BCUT2D eigenvalue weighted by atomic mass is 31.2. The maximum Gasteiger partial charge on any atom is 0.477 e. The highest BCUT2D eigenvalue weighted by Crippen LogP contribution is 2.67. The second-order valence-electron chi connectivity index (χ2n) is 7.16. The quantitative estimate of drug-likeness (QED) is 0.157. The molecule has 41 heavy (non-hydrogen) atoms. The Hall–Kier alpha value is -1.50. The van der Waals surface area contributed by atoms with Crippen LogP contribution < -0.4 is 0 Å². The van der Waals surface area contributed by atoms with E-state index in [0.29, 0.717) is 6.92 Å². The number of hydrogen-bond donors (Lipinski definition) is 1. The van der Waals surface area contributed by atoms with Crippen LogP contribution in [0.1, 0.15) is 6.92 Å². The number of rotatable bonds is 13. The molecular weight excluding hydrogens is 688 g/mol. The van der Waals surface area contributed by atoms with Gasteiger partial charge in [-0.15, -0.1) is 0 Å². The third-order valence-corrected chi connectivity index (χ3v) is 5.44. The van der Waals surface area contributed by atoms with Gasteiger partial charge in [0.1, 0.15) is 0 Å². The Kier molecular flexibility index (Phi) is 9.66. The standard InChI is InChI=1S/C13H6F23O4P/c1-2-39-41(37,38)40-13(35,36)11(30,31)9(26,27)7(22,23)5(18,19)3(14,15)4(16,17)6(20,21)8(24,25)10(28,29)12(32,33)34/h2H2,1H3,(H,37,38). The van der Waals surface area contributed by atoms with E-state index in [1.54, 1.807) is 0 Å². The largest absolute Gasteiger partial charge is 0.477 e. The molecule has 0 rings (SSSR count). The molecule has 1 atom stereocenters. The SMILES string of the molecule is CCOP(=O)(O)OC(F)(F)C(F)(F)C(F)(F)C(F)(F)C(F)(F)C(F)(F)C(F)(F)C(F)(F)C(F)(F)C(F)(F)C(F)(F)F. The van der Waals surface area contributed by atoms with Crippen LogP contribution in [0.15, 0.2) is 0 Å². The molecule has 0 fully saturated rings. The van der Waals surface area contributed by atoms with Crippen LogP contribution in [0.25, 0.3) is 0 Å². The van der Waals surface area contributed by atoms with Crippen molar-refractivity contribution in [2.24, 2.45) is 0 Å². The molecule has 0 aliphatic heterocycles. The van der Waals surface area contributed by atoms with Crippen molar-refractivity contribution in [2.45, 2.75) is 72.5 Å². The minimum Gasteiger partial charge on any atom is -0.302 e. The third kappa shape index (κ3) is 5.29. The Morgan fingerprint density at radius 3 is 0.902 bits per heavy atom. The number of phosphoric ester groups is 1. The molecule has 0 aromatic heterocycles. The van der Waals surface area contributed by atoms with Gasteiger partial charge in [0.15, 0.2) is 0 Å². The van der Waals surface area contributed by atoms with Crippen LogP contribution in [0.5, 0.6) is 0 Å². The predicted molar refractivity (Wildman–Crippen MR) is 78.1 cm³/mol. The fraction of sp³-hybridized carbons (Fsp3) is 1.00. The van der Waals surface area contributed by atoms with Gasteiger partial charge in [-0.2, -0.15) is 101 Å². The molecule has 0 aromatic carbocycles. The lowest BCUT2D eigenvalue weighted by atomic mass is 9.86. The van der Waals surface area contributed by atoms with E-state index >= 15 is 0 Å². The van der Waals surface area contributed by atoms with E-state index in [1.807, 2.05) is 4.52 Å². The summed E-state index contributed by atoms with van der Waals surface area (Å²) in [5.74, 6) is -82.5. The smallest absolute Gasteiger partial charge is 0.302 e. The van der Waals surface area contributed by atoms with Crippen LogP contribution in [0.3, 0.4) is 0 Å². The van der Waals surface area contributed by atoms with Crippen LogP contribution in [0.4, 0.5) is 101 Å². The monoisotopic (exact) mass is 694 g/mol. The number of alkyl halides is 23. The molecule has 0 aromatic rings. The summed E-state index contributed by atoms with van der Waals surface area (Å²) in [6, 6.07) is 0. The molecular formula is C13H6F23O4P. The first-order valence-electron chi connectivity index (χ1n) is 8.79. The Balaban J connectivity index is 7.19. The van der Waals surface area contributed by atoms with E-state index in [2.05, 4.69) is 4.52 Å². The van der Waals surface area contributed by atoms with Crippen molar-refractivity contribution in [3.05, 3.63) is 0 Å². The van der Waals surface area contributed by atoms with Crippen molar-refractivity contribution in [3.8, 4) is 0 Å². The van der Waals surface area contributed by atoms with Crippen LogP contribution >= 0.6 is 7.82 Å². The maximum atomic E-state index is 13.6. The predicted octanol–water partition coefficient (Wildman–Crippen LogP) is 8.01. The number of hydrogen-bond acceptors (Lipinski definition) is 3. The molecule has 1 N–H and O–H groups in total. The van der Waals surface area contributed by atoms with Gasteiger partial charge in [-0.05, 0) is 6.92 Å². The van der Waals surface area contributed by atoms with E-state index in [4.69, 9.17) is 4.89 Å². The topological polar surface area (TPSA) is 55.8 Å². The third-order valence-electron chi connectivity index (χ3n) is 4.40. The highest BCUT2D eigenvalue weighted by molar-refractivity contribution is 7.47. The van der Waals surface area contributed by atoms with Gasteiger partial charge < -0.3 is 4.89 Å². The zero-order valence-electron chi connectivity index (χ0n) is 18.0. The first-order valence-corrected chi connectivity index (χ1v) is 10.3. The Morgan fingerprint density at radius 1 is 0.463 bits per heavy atom. The maximum absolute atomic E-state index is 13.6.